The quantitative estimate of drug-likeness (QED) is 0.880. The largest absolute Gasteiger partial charge is 0.494 e. The molecule has 0 heterocycles. The molecule has 0 saturated carbocycles. The molecule has 2 nitrogen and oxygen atoms in total. The third kappa shape index (κ3) is 3.84. The van der Waals surface area contributed by atoms with E-state index in [0.29, 0.717) is 6.61 Å². The third-order valence-electron chi connectivity index (χ3n) is 3.21. The Morgan fingerprint density at radius 1 is 1.20 bits per heavy atom. The molecule has 0 bridgehead atoms. The zero-order valence-electron chi connectivity index (χ0n) is 11.9. The summed E-state index contributed by atoms with van der Waals surface area (Å²) in [7, 11) is 0. The number of aryl methyl sites for hydroxylation is 1. The number of rotatable bonds is 5. The van der Waals surface area contributed by atoms with E-state index in [1.807, 2.05) is 25.1 Å². The van der Waals surface area contributed by atoms with Gasteiger partial charge in [0.2, 0.25) is 0 Å². The van der Waals surface area contributed by atoms with Crippen LogP contribution in [0.3, 0.4) is 0 Å². The highest BCUT2D eigenvalue weighted by atomic mass is 79.9. The molecule has 2 rings (SSSR count). The van der Waals surface area contributed by atoms with Crippen molar-refractivity contribution in [2.24, 2.45) is 5.73 Å². The van der Waals surface area contributed by atoms with Crippen LogP contribution in [0, 0.1) is 6.92 Å². The van der Waals surface area contributed by atoms with E-state index >= 15 is 0 Å². The average molecular weight is 334 g/mol. The molecule has 2 aromatic rings. The van der Waals surface area contributed by atoms with E-state index in [0.717, 1.165) is 22.2 Å². The Labute approximate surface area is 129 Å². The van der Waals surface area contributed by atoms with Crippen LogP contribution >= 0.6 is 15.9 Å². The molecule has 1 atom stereocenters. The molecule has 0 aromatic heterocycles. The highest BCUT2D eigenvalue weighted by molar-refractivity contribution is 9.10. The lowest BCUT2D eigenvalue weighted by atomic mass is 9.97. The highest BCUT2D eigenvalue weighted by Gasteiger charge is 2.13. The van der Waals surface area contributed by atoms with Crippen LogP contribution in [0.25, 0.3) is 0 Å². The molecule has 0 aliphatic heterocycles. The molecular weight excluding hydrogens is 314 g/mol. The van der Waals surface area contributed by atoms with E-state index in [4.69, 9.17) is 10.5 Å². The molecule has 0 aliphatic carbocycles. The second-order valence-corrected chi connectivity index (χ2v) is 5.83. The van der Waals surface area contributed by atoms with E-state index in [9.17, 15) is 0 Å². The van der Waals surface area contributed by atoms with Crippen molar-refractivity contribution in [3.63, 3.8) is 0 Å². The predicted octanol–water partition coefficient (Wildman–Crippen LogP) is 4.40. The Morgan fingerprint density at radius 3 is 2.70 bits per heavy atom. The molecule has 20 heavy (non-hydrogen) atoms. The summed E-state index contributed by atoms with van der Waals surface area (Å²) >= 11 is 3.49. The lowest BCUT2D eigenvalue weighted by Gasteiger charge is -2.17. The van der Waals surface area contributed by atoms with Crippen molar-refractivity contribution in [2.75, 3.05) is 6.61 Å². The second-order valence-electron chi connectivity index (χ2n) is 4.91. The van der Waals surface area contributed by atoms with Crippen molar-refractivity contribution in [3.05, 3.63) is 63.6 Å². The van der Waals surface area contributed by atoms with Crippen molar-refractivity contribution in [2.45, 2.75) is 26.3 Å². The van der Waals surface area contributed by atoms with Gasteiger partial charge in [-0.3, -0.25) is 0 Å². The minimum Gasteiger partial charge on any atom is -0.494 e. The summed E-state index contributed by atoms with van der Waals surface area (Å²) in [5, 5.41) is 0. The summed E-state index contributed by atoms with van der Waals surface area (Å²) in [5.41, 5.74) is 9.88. The highest BCUT2D eigenvalue weighted by Crippen LogP contribution is 2.28. The molecule has 0 aliphatic rings. The van der Waals surface area contributed by atoms with E-state index in [2.05, 4.69) is 47.1 Å². The van der Waals surface area contributed by atoms with Crippen LogP contribution in [0.5, 0.6) is 5.75 Å². The number of halogens is 1. The van der Waals surface area contributed by atoms with Gasteiger partial charge in [0.25, 0.3) is 0 Å². The topological polar surface area (TPSA) is 35.2 Å². The van der Waals surface area contributed by atoms with Crippen LogP contribution in [0.15, 0.2) is 46.9 Å². The van der Waals surface area contributed by atoms with Crippen molar-refractivity contribution < 1.29 is 4.74 Å². The fourth-order valence-corrected chi connectivity index (χ4v) is 2.72. The number of nitrogens with two attached hydrogens (primary N) is 1. The molecule has 3 heteroatoms. The minimum absolute atomic E-state index is 0.0641. The Hall–Kier alpha value is -1.32. The Balaban J connectivity index is 2.23. The van der Waals surface area contributed by atoms with Crippen molar-refractivity contribution in [1.29, 1.82) is 0 Å². The fraction of sp³-hybridized carbons (Fsp3) is 0.294. The Morgan fingerprint density at radius 2 is 2.00 bits per heavy atom. The van der Waals surface area contributed by atoms with Gasteiger partial charge in [-0.25, -0.2) is 0 Å². The van der Waals surface area contributed by atoms with Crippen LogP contribution < -0.4 is 10.5 Å². The Kier molecular flexibility index (Phi) is 5.21. The molecule has 0 spiro atoms. The second kappa shape index (κ2) is 6.91. The van der Waals surface area contributed by atoms with Crippen molar-refractivity contribution >= 4 is 15.9 Å². The van der Waals surface area contributed by atoms with E-state index in [1.54, 1.807) is 0 Å². The van der Waals surface area contributed by atoms with Crippen LogP contribution in [0.2, 0.25) is 0 Å². The van der Waals surface area contributed by atoms with Gasteiger partial charge < -0.3 is 10.5 Å². The zero-order chi connectivity index (χ0) is 14.5. The van der Waals surface area contributed by atoms with Gasteiger partial charge in [0.05, 0.1) is 6.61 Å². The first-order valence-electron chi connectivity index (χ1n) is 6.83. The maximum atomic E-state index is 6.38. The van der Waals surface area contributed by atoms with Gasteiger partial charge in [-0.1, -0.05) is 45.8 Å². The standard InChI is InChI=1S/C17H20BrNO/c1-3-20-17-8-7-12(2)9-15(17)16(19)11-13-5-4-6-14(18)10-13/h4-10,16H,3,11,19H2,1-2H3. The van der Waals surface area contributed by atoms with Gasteiger partial charge >= 0.3 is 0 Å². The summed E-state index contributed by atoms with van der Waals surface area (Å²) in [6.07, 6.45) is 0.795. The molecule has 0 saturated heterocycles. The normalized spacial score (nSPS) is 12.2. The number of hydrogen-bond donors (Lipinski definition) is 1. The van der Waals surface area contributed by atoms with Crippen molar-refractivity contribution in [1.82, 2.24) is 0 Å². The molecule has 0 radical (unpaired) electrons. The number of benzene rings is 2. The van der Waals surface area contributed by atoms with E-state index in [1.165, 1.54) is 11.1 Å². The molecular formula is C17H20BrNO. The monoisotopic (exact) mass is 333 g/mol. The summed E-state index contributed by atoms with van der Waals surface area (Å²) in [5.74, 6) is 0.889. The molecule has 1 unspecified atom stereocenters. The maximum absolute atomic E-state index is 6.38. The first kappa shape index (κ1) is 15.1. The van der Waals surface area contributed by atoms with Gasteiger partial charge in [-0.15, -0.1) is 0 Å². The third-order valence-corrected chi connectivity index (χ3v) is 3.70. The average Bonchev–Trinajstić information content (AvgIpc) is 2.41. The Bertz CT molecular complexity index is 583. The number of hydrogen-bond acceptors (Lipinski definition) is 2. The lowest BCUT2D eigenvalue weighted by Crippen LogP contribution is -2.15. The maximum Gasteiger partial charge on any atom is 0.124 e. The van der Waals surface area contributed by atoms with Gasteiger partial charge in [-0.05, 0) is 44.0 Å². The summed E-state index contributed by atoms with van der Waals surface area (Å²) in [6, 6.07) is 14.4. The zero-order valence-corrected chi connectivity index (χ0v) is 13.5. The fourth-order valence-electron chi connectivity index (χ4n) is 2.27. The first-order valence-corrected chi connectivity index (χ1v) is 7.63. The predicted molar refractivity (Wildman–Crippen MR) is 87.1 cm³/mol. The lowest BCUT2D eigenvalue weighted by molar-refractivity contribution is 0.334. The molecule has 0 amide bonds. The summed E-state index contributed by atoms with van der Waals surface area (Å²) in [4.78, 5) is 0. The number of ether oxygens (including phenoxy) is 1. The molecule has 0 fully saturated rings. The summed E-state index contributed by atoms with van der Waals surface area (Å²) in [6.45, 7) is 4.72. The molecule has 106 valence electrons. The SMILES string of the molecule is CCOc1ccc(C)cc1C(N)Cc1cccc(Br)c1. The smallest absolute Gasteiger partial charge is 0.124 e. The van der Waals surface area contributed by atoms with Crippen molar-refractivity contribution in [3.8, 4) is 5.75 Å². The van der Waals surface area contributed by atoms with Crippen LogP contribution in [-0.4, -0.2) is 6.61 Å². The van der Waals surface area contributed by atoms with Gasteiger partial charge in [0.1, 0.15) is 5.75 Å². The van der Waals surface area contributed by atoms with Gasteiger partial charge in [0, 0.05) is 16.1 Å². The van der Waals surface area contributed by atoms with E-state index in [-0.39, 0.29) is 6.04 Å². The molecule has 2 N–H and O–H groups in total. The molecule has 2 aromatic carbocycles. The van der Waals surface area contributed by atoms with Crippen LogP contribution in [0.4, 0.5) is 0 Å². The van der Waals surface area contributed by atoms with Gasteiger partial charge in [0.15, 0.2) is 0 Å². The summed E-state index contributed by atoms with van der Waals surface area (Å²) < 4.78 is 6.77. The van der Waals surface area contributed by atoms with Crippen LogP contribution in [0.1, 0.15) is 29.7 Å². The minimum atomic E-state index is -0.0641. The first-order chi connectivity index (χ1) is 9.60. The van der Waals surface area contributed by atoms with E-state index < -0.39 is 0 Å². The van der Waals surface area contributed by atoms with Crippen LogP contribution in [-0.2, 0) is 6.42 Å². The van der Waals surface area contributed by atoms with Gasteiger partial charge in [-0.2, -0.15) is 0 Å².